The number of hydrogen-bond donors (Lipinski definition) is 1. The minimum Gasteiger partial charge on any atom is -0.481 e. The van der Waals surface area contributed by atoms with Crippen LogP contribution in [0.25, 0.3) is 0 Å². The summed E-state index contributed by atoms with van der Waals surface area (Å²) in [5, 5.41) is 8.86. The molecule has 2 aliphatic heterocycles. The number of aliphatic carboxylic acids is 1. The first-order chi connectivity index (χ1) is 10.9. The maximum Gasteiger partial charge on any atom is 0.304 e. The van der Waals surface area contributed by atoms with Crippen molar-refractivity contribution < 1.29 is 23.1 Å². The summed E-state index contributed by atoms with van der Waals surface area (Å²) in [6, 6.07) is -0.561. The molecule has 2 atom stereocenters. The van der Waals surface area contributed by atoms with Gasteiger partial charge in [0.25, 0.3) is 0 Å². The van der Waals surface area contributed by atoms with Crippen molar-refractivity contribution in [3.63, 3.8) is 0 Å². The fourth-order valence-electron chi connectivity index (χ4n) is 4.22. The molecule has 3 fully saturated rings. The van der Waals surface area contributed by atoms with E-state index < -0.39 is 15.8 Å². The number of rotatable bonds is 4. The molecular weight excluding hydrogens is 320 g/mol. The molecular formula is C15H24N2O5S. The maximum atomic E-state index is 12.7. The number of carbonyl (C=O) groups is 2. The molecule has 1 amide bonds. The molecule has 2 saturated heterocycles. The fourth-order valence-corrected chi connectivity index (χ4v) is 6.23. The molecule has 130 valence electrons. The van der Waals surface area contributed by atoms with Gasteiger partial charge in [0, 0.05) is 31.6 Å². The molecule has 0 aromatic heterocycles. The SMILES string of the molecule is O=C(O)CCN1CCN(C(=O)C2CCCC2)[C@H]2CS(=O)(=O)C[C@H]21. The van der Waals surface area contributed by atoms with E-state index in [9.17, 15) is 18.0 Å². The first-order valence-corrected chi connectivity index (χ1v) is 10.2. The van der Waals surface area contributed by atoms with E-state index in [0.29, 0.717) is 19.6 Å². The van der Waals surface area contributed by atoms with Crippen LogP contribution in [0.1, 0.15) is 32.1 Å². The van der Waals surface area contributed by atoms with Crippen LogP contribution in [0.3, 0.4) is 0 Å². The number of carbonyl (C=O) groups excluding carboxylic acids is 1. The number of carboxylic acid groups (broad SMARTS) is 1. The van der Waals surface area contributed by atoms with Crippen molar-refractivity contribution in [3.8, 4) is 0 Å². The molecule has 0 spiro atoms. The van der Waals surface area contributed by atoms with Crippen LogP contribution in [0, 0.1) is 5.92 Å². The van der Waals surface area contributed by atoms with Gasteiger partial charge < -0.3 is 10.0 Å². The predicted molar refractivity (Wildman–Crippen MR) is 83.7 cm³/mol. The van der Waals surface area contributed by atoms with Crippen LogP contribution in [0.5, 0.6) is 0 Å². The van der Waals surface area contributed by atoms with Gasteiger partial charge in [-0.05, 0) is 12.8 Å². The lowest BCUT2D eigenvalue weighted by molar-refractivity contribution is -0.143. The van der Waals surface area contributed by atoms with Crippen molar-refractivity contribution in [1.82, 2.24) is 9.80 Å². The molecule has 0 radical (unpaired) electrons. The second-order valence-electron chi connectivity index (χ2n) is 6.90. The van der Waals surface area contributed by atoms with Crippen LogP contribution < -0.4 is 0 Å². The number of fused-ring (bicyclic) bond motifs is 1. The zero-order valence-corrected chi connectivity index (χ0v) is 14.0. The second-order valence-corrected chi connectivity index (χ2v) is 9.06. The lowest BCUT2D eigenvalue weighted by Gasteiger charge is -2.44. The Balaban J connectivity index is 1.75. The largest absolute Gasteiger partial charge is 0.481 e. The summed E-state index contributed by atoms with van der Waals surface area (Å²) in [7, 11) is -3.17. The van der Waals surface area contributed by atoms with Crippen molar-refractivity contribution in [1.29, 1.82) is 0 Å². The zero-order valence-electron chi connectivity index (χ0n) is 13.2. The summed E-state index contributed by atoms with van der Waals surface area (Å²) in [6.45, 7) is 1.41. The first-order valence-electron chi connectivity index (χ1n) is 8.34. The summed E-state index contributed by atoms with van der Waals surface area (Å²) < 4.78 is 24.2. The molecule has 1 aliphatic carbocycles. The highest BCUT2D eigenvalue weighted by Gasteiger charge is 2.48. The van der Waals surface area contributed by atoms with Crippen LogP contribution >= 0.6 is 0 Å². The lowest BCUT2D eigenvalue weighted by atomic mass is 10.00. The molecule has 3 aliphatic rings. The van der Waals surface area contributed by atoms with Crippen molar-refractivity contribution >= 4 is 21.7 Å². The van der Waals surface area contributed by atoms with Crippen LogP contribution in [-0.4, -0.2) is 78.4 Å². The number of amides is 1. The topological polar surface area (TPSA) is 95.0 Å². The van der Waals surface area contributed by atoms with Crippen molar-refractivity contribution in [2.24, 2.45) is 5.92 Å². The molecule has 8 heteroatoms. The average Bonchev–Trinajstić information content (AvgIpc) is 3.09. The Morgan fingerprint density at radius 2 is 1.70 bits per heavy atom. The van der Waals surface area contributed by atoms with E-state index in [-0.39, 0.29) is 41.8 Å². The van der Waals surface area contributed by atoms with E-state index in [1.54, 1.807) is 4.90 Å². The summed E-state index contributed by atoms with van der Waals surface area (Å²) >= 11 is 0. The van der Waals surface area contributed by atoms with E-state index in [1.807, 2.05) is 4.90 Å². The summed E-state index contributed by atoms with van der Waals surface area (Å²) in [4.78, 5) is 27.3. The number of nitrogens with zero attached hydrogens (tertiary/aromatic N) is 2. The monoisotopic (exact) mass is 344 g/mol. The number of hydrogen-bond acceptors (Lipinski definition) is 5. The highest BCUT2D eigenvalue weighted by atomic mass is 32.2. The van der Waals surface area contributed by atoms with Crippen molar-refractivity contribution in [3.05, 3.63) is 0 Å². The van der Waals surface area contributed by atoms with Gasteiger partial charge in [0.05, 0.1) is 24.0 Å². The molecule has 23 heavy (non-hydrogen) atoms. The van der Waals surface area contributed by atoms with Crippen molar-refractivity contribution in [2.45, 2.75) is 44.2 Å². The zero-order chi connectivity index (χ0) is 16.6. The lowest BCUT2D eigenvalue weighted by Crippen LogP contribution is -2.61. The Morgan fingerprint density at radius 1 is 1.04 bits per heavy atom. The molecule has 7 nitrogen and oxygen atoms in total. The molecule has 0 aromatic carbocycles. The molecule has 0 aromatic rings. The minimum atomic E-state index is -3.17. The summed E-state index contributed by atoms with van der Waals surface area (Å²) in [5.74, 6) is -0.685. The molecule has 1 N–H and O–H groups in total. The van der Waals surface area contributed by atoms with Crippen LogP contribution in [0.4, 0.5) is 0 Å². The molecule has 0 bridgehead atoms. The Labute approximate surface area is 136 Å². The number of carboxylic acids is 1. The first kappa shape index (κ1) is 16.7. The Morgan fingerprint density at radius 3 is 2.35 bits per heavy atom. The third-order valence-electron chi connectivity index (χ3n) is 5.39. The second kappa shape index (κ2) is 6.39. The fraction of sp³-hybridized carbons (Fsp3) is 0.867. The third kappa shape index (κ3) is 3.52. The van der Waals surface area contributed by atoms with Crippen LogP contribution in [0.15, 0.2) is 0 Å². The van der Waals surface area contributed by atoms with Gasteiger partial charge in [-0.2, -0.15) is 0 Å². The van der Waals surface area contributed by atoms with E-state index >= 15 is 0 Å². The Kier molecular flexibility index (Phi) is 4.64. The number of piperazine rings is 1. The van der Waals surface area contributed by atoms with E-state index in [2.05, 4.69) is 0 Å². The van der Waals surface area contributed by atoms with E-state index in [1.165, 1.54) is 0 Å². The molecule has 1 saturated carbocycles. The standard InChI is InChI=1S/C15H24N2O5S/c18-14(19)5-6-16-7-8-17(15(20)11-3-1-2-4-11)13-10-23(21,22)9-12(13)16/h11-13H,1-10H2,(H,18,19)/t12-,13+/m1/s1. The normalized spacial score (nSPS) is 31.2. The van der Waals surface area contributed by atoms with Gasteiger partial charge in [-0.1, -0.05) is 12.8 Å². The number of sulfone groups is 1. The summed E-state index contributed by atoms with van der Waals surface area (Å²) in [5.41, 5.74) is 0. The van der Waals surface area contributed by atoms with Crippen molar-refractivity contribution in [2.75, 3.05) is 31.1 Å². The van der Waals surface area contributed by atoms with E-state index in [4.69, 9.17) is 5.11 Å². The van der Waals surface area contributed by atoms with E-state index in [0.717, 1.165) is 25.7 Å². The maximum absolute atomic E-state index is 12.7. The highest BCUT2D eigenvalue weighted by Crippen LogP contribution is 2.32. The average molecular weight is 344 g/mol. The minimum absolute atomic E-state index is 0.000160. The van der Waals surface area contributed by atoms with Crippen LogP contribution in [-0.2, 0) is 19.4 Å². The van der Waals surface area contributed by atoms with Gasteiger partial charge in [-0.25, -0.2) is 8.42 Å². The predicted octanol–water partition coefficient (Wildman–Crippen LogP) is -0.0389. The van der Waals surface area contributed by atoms with Gasteiger partial charge in [0.2, 0.25) is 5.91 Å². The Bertz CT molecular complexity index is 585. The van der Waals surface area contributed by atoms with Crippen LogP contribution in [0.2, 0.25) is 0 Å². The van der Waals surface area contributed by atoms with Gasteiger partial charge in [0.1, 0.15) is 0 Å². The smallest absolute Gasteiger partial charge is 0.304 e. The molecule has 0 unspecified atom stereocenters. The summed E-state index contributed by atoms with van der Waals surface area (Å²) in [6.07, 6.45) is 3.95. The van der Waals surface area contributed by atoms with Gasteiger partial charge in [0.15, 0.2) is 9.84 Å². The Hall–Kier alpha value is -1.15. The van der Waals surface area contributed by atoms with Gasteiger partial charge >= 0.3 is 5.97 Å². The quantitative estimate of drug-likeness (QED) is 0.769. The molecule has 3 rings (SSSR count). The highest BCUT2D eigenvalue weighted by molar-refractivity contribution is 7.91. The van der Waals surface area contributed by atoms with Gasteiger partial charge in [-0.3, -0.25) is 14.5 Å². The third-order valence-corrected chi connectivity index (χ3v) is 7.09. The van der Waals surface area contributed by atoms with Gasteiger partial charge in [-0.15, -0.1) is 0 Å². The molecule has 2 heterocycles.